The Labute approximate surface area is 144 Å². The number of ether oxygens (including phenoxy) is 2. The SMILES string of the molecule is CN1CCCC[C@H]1CCC(=O)NCc1ccc2c(c1)OCCCO2. The first-order chi connectivity index (χ1) is 11.7. The van der Waals surface area contributed by atoms with Crippen molar-refractivity contribution < 1.29 is 14.3 Å². The Morgan fingerprint density at radius 2 is 2.04 bits per heavy atom. The Morgan fingerprint density at radius 3 is 2.88 bits per heavy atom. The van der Waals surface area contributed by atoms with Crippen LogP contribution in [0.1, 0.15) is 44.1 Å². The number of nitrogens with one attached hydrogen (secondary N) is 1. The Balaban J connectivity index is 1.45. The summed E-state index contributed by atoms with van der Waals surface area (Å²) in [6.07, 6.45) is 6.22. The second-order valence-corrected chi connectivity index (χ2v) is 6.78. The van der Waals surface area contributed by atoms with Gasteiger partial charge in [-0.05, 0) is 50.6 Å². The zero-order valence-electron chi connectivity index (χ0n) is 14.6. The van der Waals surface area contributed by atoms with Gasteiger partial charge in [-0.1, -0.05) is 12.5 Å². The Morgan fingerprint density at radius 1 is 1.21 bits per heavy atom. The Kier molecular flexibility index (Phi) is 5.96. The van der Waals surface area contributed by atoms with E-state index in [4.69, 9.17) is 9.47 Å². The molecule has 0 unspecified atom stereocenters. The minimum atomic E-state index is 0.126. The number of hydrogen-bond acceptors (Lipinski definition) is 4. The molecule has 1 fully saturated rings. The van der Waals surface area contributed by atoms with Gasteiger partial charge >= 0.3 is 0 Å². The minimum absolute atomic E-state index is 0.126. The first-order valence-corrected chi connectivity index (χ1v) is 9.08. The van der Waals surface area contributed by atoms with Gasteiger partial charge in [-0.3, -0.25) is 4.79 Å². The second kappa shape index (κ2) is 8.38. The number of rotatable bonds is 5. The van der Waals surface area contributed by atoms with E-state index < -0.39 is 0 Å². The molecule has 2 aliphatic rings. The predicted octanol–water partition coefficient (Wildman–Crippen LogP) is 2.73. The molecule has 0 bridgehead atoms. The highest BCUT2D eigenvalue weighted by Crippen LogP contribution is 2.30. The second-order valence-electron chi connectivity index (χ2n) is 6.78. The van der Waals surface area contributed by atoms with E-state index in [0.29, 0.717) is 32.2 Å². The lowest BCUT2D eigenvalue weighted by atomic mass is 9.98. The van der Waals surface area contributed by atoms with E-state index in [1.165, 1.54) is 19.3 Å². The third kappa shape index (κ3) is 4.63. The normalized spacial score (nSPS) is 21.1. The molecule has 1 saturated heterocycles. The summed E-state index contributed by atoms with van der Waals surface area (Å²) in [6, 6.07) is 6.44. The highest BCUT2D eigenvalue weighted by Gasteiger charge is 2.19. The molecular formula is C19H28N2O3. The van der Waals surface area contributed by atoms with E-state index in [1.54, 1.807) is 0 Å². The van der Waals surface area contributed by atoms with Crippen LogP contribution >= 0.6 is 0 Å². The summed E-state index contributed by atoms with van der Waals surface area (Å²) in [7, 11) is 2.17. The van der Waals surface area contributed by atoms with Crippen LogP contribution < -0.4 is 14.8 Å². The smallest absolute Gasteiger partial charge is 0.220 e. The third-order valence-corrected chi connectivity index (χ3v) is 4.93. The molecule has 0 aromatic heterocycles. The quantitative estimate of drug-likeness (QED) is 0.901. The van der Waals surface area contributed by atoms with Crippen LogP contribution in [0, 0.1) is 0 Å². The number of fused-ring (bicyclic) bond motifs is 1. The average molecular weight is 332 g/mol. The first-order valence-electron chi connectivity index (χ1n) is 9.08. The molecule has 0 spiro atoms. The number of benzene rings is 1. The molecule has 1 N–H and O–H groups in total. The first kappa shape index (κ1) is 17.1. The molecule has 2 aliphatic heterocycles. The van der Waals surface area contributed by atoms with Crippen LogP contribution in [0.5, 0.6) is 11.5 Å². The summed E-state index contributed by atoms with van der Waals surface area (Å²) in [4.78, 5) is 14.5. The van der Waals surface area contributed by atoms with Crippen LogP contribution in [-0.4, -0.2) is 43.7 Å². The fourth-order valence-electron chi connectivity index (χ4n) is 3.41. The molecule has 2 heterocycles. The molecular weight excluding hydrogens is 304 g/mol. The van der Waals surface area contributed by atoms with Crippen molar-refractivity contribution in [2.45, 2.75) is 51.1 Å². The average Bonchev–Trinajstić information content (AvgIpc) is 2.84. The van der Waals surface area contributed by atoms with E-state index in [-0.39, 0.29) is 5.91 Å². The van der Waals surface area contributed by atoms with E-state index >= 15 is 0 Å². The number of nitrogens with zero attached hydrogens (tertiary/aromatic N) is 1. The van der Waals surface area contributed by atoms with Crippen molar-refractivity contribution in [2.24, 2.45) is 0 Å². The third-order valence-electron chi connectivity index (χ3n) is 4.93. The van der Waals surface area contributed by atoms with Crippen LogP contribution in [-0.2, 0) is 11.3 Å². The van der Waals surface area contributed by atoms with E-state index in [9.17, 15) is 4.79 Å². The molecule has 132 valence electrons. The van der Waals surface area contributed by atoms with Gasteiger partial charge < -0.3 is 19.7 Å². The molecule has 1 atom stereocenters. The van der Waals surface area contributed by atoms with Crippen LogP contribution in [0.2, 0.25) is 0 Å². The largest absolute Gasteiger partial charge is 0.490 e. The summed E-state index contributed by atoms with van der Waals surface area (Å²) < 4.78 is 11.3. The molecule has 5 heteroatoms. The lowest BCUT2D eigenvalue weighted by molar-refractivity contribution is -0.121. The number of hydrogen-bond donors (Lipinski definition) is 1. The summed E-state index contributed by atoms with van der Waals surface area (Å²) in [5.74, 6) is 1.70. The van der Waals surface area contributed by atoms with Crippen molar-refractivity contribution in [3.05, 3.63) is 23.8 Å². The fraction of sp³-hybridized carbons (Fsp3) is 0.632. The monoisotopic (exact) mass is 332 g/mol. The van der Waals surface area contributed by atoms with Gasteiger partial charge in [-0.25, -0.2) is 0 Å². The van der Waals surface area contributed by atoms with E-state index in [1.807, 2.05) is 18.2 Å². The fourth-order valence-corrected chi connectivity index (χ4v) is 3.41. The minimum Gasteiger partial charge on any atom is -0.490 e. The number of amides is 1. The Hall–Kier alpha value is -1.75. The van der Waals surface area contributed by atoms with Gasteiger partial charge in [0.05, 0.1) is 13.2 Å². The number of piperidine rings is 1. The number of carbonyl (C=O) groups excluding carboxylic acids is 1. The summed E-state index contributed by atoms with van der Waals surface area (Å²) >= 11 is 0. The van der Waals surface area contributed by atoms with Gasteiger partial charge in [0.15, 0.2) is 11.5 Å². The topological polar surface area (TPSA) is 50.8 Å². The lowest BCUT2D eigenvalue weighted by Crippen LogP contribution is -2.37. The van der Waals surface area contributed by atoms with Crippen molar-refractivity contribution in [3.8, 4) is 11.5 Å². The molecule has 1 aromatic rings. The Bertz CT molecular complexity index is 562. The number of likely N-dealkylation sites (tertiary alicyclic amines) is 1. The van der Waals surface area contributed by atoms with Gasteiger partial charge in [0.1, 0.15) is 0 Å². The van der Waals surface area contributed by atoms with Crippen molar-refractivity contribution in [2.75, 3.05) is 26.8 Å². The van der Waals surface area contributed by atoms with Crippen molar-refractivity contribution in [1.82, 2.24) is 10.2 Å². The zero-order valence-corrected chi connectivity index (χ0v) is 14.6. The molecule has 0 aliphatic carbocycles. The summed E-state index contributed by atoms with van der Waals surface area (Å²) in [6.45, 7) is 3.07. The number of carbonyl (C=O) groups is 1. The van der Waals surface area contributed by atoms with Gasteiger partial charge in [-0.2, -0.15) is 0 Å². The maximum atomic E-state index is 12.1. The summed E-state index contributed by atoms with van der Waals surface area (Å²) in [5, 5.41) is 3.02. The van der Waals surface area contributed by atoms with Crippen molar-refractivity contribution in [3.63, 3.8) is 0 Å². The van der Waals surface area contributed by atoms with E-state index in [0.717, 1.165) is 36.4 Å². The maximum absolute atomic E-state index is 12.1. The van der Waals surface area contributed by atoms with Crippen LogP contribution in [0.3, 0.4) is 0 Å². The maximum Gasteiger partial charge on any atom is 0.220 e. The molecule has 5 nitrogen and oxygen atoms in total. The van der Waals surface area contributed by atoms with E-state index in [2.05, 4.69) is 17.3 Å². The molecule has 24 heavy (non-hydrogen) atoms. The molecule has 0 radical (unpaired) electrons. The van der Waals surface area contributed by atoms with Crippen LogP contribution in [0.25, 0.3) is 0 Å². The summed E-state index contributed by atoms with van der Waals surface area (Å²) in [5.41, 5.74) is 1.04. The highest BCUT2D eigenvalue weighted by molar-refractivity contribution is 5.75. The van der Waals surface area contributed by atoms with Gasteiger partial charge in [0.25, 0.3) is 0 Å². The zero-order chi connectivity index (χ0) is 16.8. The molecule has 1 amide bonds. The van der Waals surface area contributed by atoms with Gasteiger partial charge in [0, 0.05) is 25.4 Å². The standard InChI is InChI=1S/C19H28N2O3/c1-21-10-3-2-5-16(21)7-9-19(22)20-14-15-6-8-17-18(13-15)24-12-4-11-23-17/h6,8,13,16H,2-5,7,9-12,14H2,1H3,(H,20,22)/t16-/m0/s1. The van der Waals surface area contributed by atoms with Crippen LogP contribution in [0.4, 0.5) is 0 Å². The molecule has 1 aromatic carbocycles. The van der Waals surface area contributed by atoms with Crippen LogP contribution in [0.15, 0.2) is 18.2 Å². The van der Waals surface area contributed by atoms with Gasteiger partial charge in [0.2, 0.25) is 5.91 Å². The molecule has 0 saturated carbocycles. The molecule has 3 rings (SSSR count). The highest BCUT2D eigenvalue weighted by atomic mass is 16.5. The van der Waals surface area contributed by atoms with Gasteiger partial charge in [-0.15, -0.1) is 0 Å². The lowest BCUT2D eigenvalue weighted by Gasteiger charge is -2.32. The van der Waals surface area contributed by atoms with Crippen molar-refractivity contribution >= 4 is 5.91 Å². The van der Waals surface area contributed by atoms with Crippen molar-refractivity contribution in [1.29, 1.82) is 0 Å². The predicted molar refractivity (Wildman–Crippen MR) is 93.4 cm³/mol.